The molecule has 46 heavy (non-hydrogen) atoms. The van der Waals surface area contributed by atoms with Gasteiger partial charge >= 0.3 is 5.97 Å². The van der Waals surface area contributed by atoms with E-state index in [2.05, 4.69) is 88.4 Å². The number of ether oxygens (including phenoxy) is 1. The first-order valence-corrected chi connectivity index (χ1v) is 20.0. The van der Waals surface area contributed by atoms with Crippen molar-refractivity contribution in [2.75, 3.05) is 14.1 Å². The highest BCUT2D eigenvalue weighted by Crippen LogP contribution is 2.30. The summed E-state index contributed by atoms with van der Waals surface area (Å²) in [6.07, 6.45) is 52.0. The molecule has 0 aromatic rings. The number of carbonyl (C=O) groups excluding carboxylic acids is 1. The van der Waals surface area contributed by atoms with E-state index >= 15 is 0 Å². The highest BCUT2D eigenvalue weighted by atomic mass is 16.6. The smallest absolute Gasteiger partial charge is 0.307 e. The zero-order chi connectivity index (χ0) is 33.8. The lowest BCUT2D eigenvalue weighted by Gasteiger charge is -2.39. The van der Waals surface area contributed by atoms with Crippen LogP contribution >= 0.6 is 0 Å². The maximum Gasteiger partial charge on any atom is 0.307 e. The number of hydrogen-bond donors (Lipinski definition) is 0. The van der Waals surface area contributed by atoms with Crippen LogP contribution in [-0.2, 0) is 9.53 Å². The maximum absolute atomic E-state index is 12.6. The molecule has 0 fully saturated rings. The molecule has 0 aromatic heterocycles. The van der Waals surface area contributed by atoms with Gasteiger partial charge in [-0.3, -0.25) is 9.69 Å². The summed E-state index contributed by atoms with van der Waals surface area (Å²) in [6, 6.07) is 0. The van der Waals surface area contributed by atoms with Gasteiger partial charge in [-0.25, -0.2) is 0 Å². The fraction of sp³-hybridized carbons (Fsp3) is 0.791. The standard InChI is InChI=1S/C43H79NO2/c1-6-9-11-13-15-17-19-21-23-25-27-29-31-33-35-37-40-43(44(4)5,46-42(45)39-8-3)41-38-36-34-32-30-28-26-24-22-20-18-16-14-12-10-7-2/h15-18,21-24H,6-14,19-20,25-41H2,1-5H3/b17-15-,18-16-,23-21-,24-22-. The highest BCUT2D eigenvalue weighted by Gasteiger charge is 2.35. The monoisotopic (exact) mass is 642 g/mol. The molecule has 0 amide bonds. The zero-order valence-electron chi connectivity index (χ0n) is 31.7. The summed E-state index contributed by atoms with van der Waals surface area (Å²) in [5.74, 6) is -0.0312. The van der Waals surface area contributed by atoms with Gasteiger partial charge in [-0.05, 0) is 97.6 Å². The molecular weight excluding hydrogens is 562 g/mol. The van der Waals surface area contributed by atoms with Gasteiger partial charge in [0.1, 0.15) is 0 Å². The first-order valence-electron chi connectivity index (χ1n) is 20.0. The van der Waals surface area contributed by atoms with Gasteiger partial charge in [-0.1, -0.05) is 146 Å². The topological polar surface area (TPSA) is 29.5 Å². The number of hydrogen-bond acceptors (Lipinski definition) is 3. The predicted molar refractivity (Wildman–Crippen MR) is 205 cm³/mol. The Morgan fingerprint density at radius 3 is 1.17 bits per heavy atom. The molecule has 0 aromatic carbocycles. The van der Waals surface area contributed by atoms with Crippen molar-refractivity contribution >= 4 is 5.97 Å². The van der Waals surface area contributed by atoms with Crippen LogP contribution in [0.15, 0.2) is 48.6 Å². The Balaban J connectivity index is 4.22. The van der Waals surface area contributed by atoms with E-state index in [1.54, 1.807) is 0 Å². The number of esters is 1. The fourth-order valence-electron chi connectivity index (χ4n) is 6.01. The van der Waals surface area contributed by atoms with Gasteiger partial charge < -0.3 is 4.74 Å². The molecule has 0 aliphatic heterocycles. The van der Waals surface area contributed by atoms with Crippen molar-refractivity contribution in [3.05, 3.63) is 48.6 Å². The maximum atomic E-state index is 12.6. The molecule has 3 heteroatoms. The lowest BCUT2D eigenvalue weighted by molar-refractivity contribution is -0.184. The molecule has 0 radical (unpaired) electrons. The second-order valence-corrected chi connectivity index (χ2v) is 13.7. The van der Waals surface area contributed by atoms with Crippen LogP contribution in [0.1, 0.15) is 201 Å². The number of rotatable bonds is 34. The molecule has 0 saturated heterocycles. The van der Waals surface area contributed by atoms with Crippen LogP contribution in [0.3, 0.4) is 0 Å². The Bertz CT molecular complexity index is 715. The van der Waals surface area contributed by atoms with E-state index in [1.165, 1.54) is 128 Å². The molecule has 0 unspecified atom stereocenters. The minimum atomic E-state index is -0.448. The average molecular weight is 642 g/mol. The van der Waals surface area contributed by atoms with Gasteiger partial charge in [0.15, 0.2) is 5.72 Å². The Kier molecular flexibility index (Phi) is 33.5. The molecule has 0 rings (SSSR count). The minimum absolute atomic E-state index is 0.0312. The third kappa shape index (κ3) is 28.6. The zero-order valence-corrected chi connectivity index (χ0v) is 31.7. The van der Waals surface area contributed by atoms with Crippen LogP contribution in [-0.4, -0.2) is 30.7 Å². The summed E-state index contributed by atoms with van der Waals surface area (Å²) in [5, 5.41) is 0. The predicted octanol–water partition coefficient (Wildman–Crippen LogP) is 14.0. The van der Waals surface area contributed by atoms with Crippen LogP contribution in [0.5, 0.6) is 0 Å². The molecule has 0 spiro atoms. The second kappa shape index (κ2) is 34.7. The Hall–Kier alpha value is -1.61. The van der Waals surface area contributed by atoms with Crippen LogP contribution in [0.25, 0.3) is 0 Å². The molecule has 3 nitrogen and oxygen atoms in total. The number of nitrogens with zero attached hydrogens (tertiary/aromatic N) is 1. The highest BCUT2D eigenvalue weighted by molar-refractivity contribution is 5.69. The van der Waals surface area contributed by atoms with Crippen molar-refractivity contribution in [1.29, 1.82) is 0 Å². The number of carbonyl (C=O) groups is 1. The summed E-state index contributed by atoms with van der Waals surface area (Å²) < 4.78 is 6.25. The molecule has 268 valence electrons. The van der Waals surface area contributed by atoms with E-state index in [0.717, 1.165) is 44.9 Å². The van der Waals surface area contributed by atoms with Crippen molar-refractivity contribution < 1.29 is 9.53 Å². The fourth-order valence-corrected chi connectivity index (χ4v) is 6.01. The second-order valence-electron chi connectivity index (χ2n) is 13.7. The van der Waals surface area contributed by atoms with Crippen molar-refractivity contribution in [3.63, 3.8) is 0 Å². The number of allylic oxidation sites excluding steroid dienone is 8. The molecule has 0 heterocycles. The molecule has 0 atom stereocenters. The van der Waals surface area contributed by atoms with E-state index in [-0.39, 0.29) is 5.97 Å². The van der Waals surface area contributed by atoms with E-state index in [4.69, 9.17) is 4.74 Å². The van der Waals surface area contributed by atoms with Gasteiger partial charge in [0.25, 0.3) is 0 Å². The van der Waals surface area contributed by atoms with Crippen LogP contribution < -0.4 is 0 Å². The van der Waals surface area contributed by atoms with Crippen molar-refractivity contribution in [1.82, 2.24) is 4.90 Å². The molecule has 0 saturated carbocycles. The molecule has 0 N–H and O–H groups in total. The van der Waals surface area contributed by atoms with Crippen molar-refractivity contribution in [3.8, 4) is 0 Å². The first kappa shape index (κ1) is 44.4. The van der Waals surface area contributed by atoms with E-state index in [9.17, 15) is 4.79 Å². The van der Waals surface area contributed by atoms with Crippen molar-refractivity contribution in [2.24, 2.45) is 0 Å². The summed E-state index contributed by atoms with van der Waals surface area (Å²) in [4.78, 5) is 14.8. The van der Waals surface area contributed by atoms with E-state index in [0.29, 0.717) is 6.42 Å². The largest absolute Gasteiger partial charge is 0.444 e. The quantitative estimate of drug-likeness (QED) is 0.0303. The summed E-state index contributed by atoms with van der Waals surface area (Å²) in [7, 11) is 4.20. The Morgan fingerprint density at radius 1 is 0.478 bits per heavy atom. The Labute approximate surface area is 288 Å². The van der Waals surface area contributed by atoms with Gasteiger partial charge in [0, 0.05) is 19.3 Å². The van der Waals surface area contributed by atoms with Gasteiger partial charge in [-0.2, -0.15) is 0 Å². The van der Waals surface area contributed by atoms with Gasteiger partial charge in [0.05, 0.1) is 0 Å². The van der Waals surface area contributed by atoms with E-state index in [1.807, 2.05) is 0 Å². The van der Waals surface area contributed by atoms with Crippen molar-refractivity contribution in [2.45, 2.75) is 206 Å². The molecule has 0 bridgehead atoms. The molecule has 0 aliphatic rings. The van der Waals surface area contributed by atoms with Crippen LogP contribution in [0, 0.1) is 0 Å². The average Bonchev–Trinajstić information content (AvgIpc) is 3.04. The lowest BCUT2D eigenvalue weighted by atomic mass is 9.95. The molecular formula is C43H79NO2. The van der Waals surface area contributed by atoms with E-state index < -0.39 is 5.72 Å². The van der Waals surface area contributed by atoms with Gasteiger partial charge in [0.2, 0.25) is 0 Å². The van der Waals surface area contributed by atoms with Gasteiger partial charge in [-0.15, -0.1) is 0 Å². The summed E-state index contributed by atoms with van der Waals surface area (Å²) in [5.41, 5.74) is -0.448. The van der Waals surface area contributed by atoms with Crippen LogP contribution in [0.2, 0.25) is 0 Å². The lowest BCUT2D eigenvalue weighted by Crippen LogP contribution is -2.48. The normalized spacial score (nSPS) is 12.7. The Morgan fingerprint density at radius 2 is 0.826 bits per heavy atom. The minimum Gasteiger partial charge on any atom is -0.444 e. The third-order valence-electron chi connectivity index (χ3n) is 9.11. The summed E-state index contributed by atoms with van der Waals surface area (Å²) in [6.45, 7) is 6.58. The van der Waals surface area contributed by atoms with Crippen LogP contribution in [0.4, 0.5) is 0 Å². The first-order chi connectivity index (χ1) is 22.5. The SMILES string of the molecule is CCCCC/C=C\C/C=C\CCCCCCCCC(CCCCCCCC/C=C\C/C=C\CCCCC)(OC(=O)CCC)N(C)C. The summed E-state index contributed by atoms with van der Waals surface area (Å²) >= 11 is 0. The number of unbranched alkanes of at least 4 members (excludes halogenated alkanes) is 18. The molecule has 0 aliphatic carbocycles. The third-order valence-corrected chi connectivity index (χ3v) is 9.11.